The van der Waals surface area contributed by atoms with Crippen molar-refractivity contribution in [3.8, 4) is 0 Å². The minimum absolute atomic E-state index is 0.130. The van der Waals surface area contributed by atoms with Crippen molar-refractivity contribution in [3.63, 3.8) is 0 Å². The Bertz CT molecular complexity index is 445. The first-order valence-corrected chi connectivity index (χ1v) is 7.62. The van der Waals surface area contributed by atoms with Gasteiger partial charge in [-0.15, -0.1) is 0 Å². The van der Waals surface area contributed by atoms with Crippen molar-refractivity contribution in [2.75, 3.05) is 44.6 Å². The SMILES string of the molecule is CC[NH+]1CC[NH+](CC(=O)Nc2cc(C)cc(C)c2)CC1. The fourth-order valence-electron chi connectivity index (χ4n) is 2.97. The van der Waals surface area contributed by atoms with Crippen molar-refractivity contribution in [2.24, 2.45) is 0 Å². The second kappa shape index (κ2) is 6.86. The van der Waals surface area contributed by atoms with Crippen LogP contribution < -0.4 is 15.1 Å². The second-order valence-corrected chi connectivity index (χ2v) is 5.95. The average molecular weight is 277 g/mol. The first-order valence-electron chi connectivity index (χ1n) is 7.62. The van der Waals surface area contributed by atoms with Crippen LogP contribution in [0.1, 0.15) is 18.1 Å². The Morgan fingerprint density at radius 2 is 1.60 bits per heavy atom. The molecule has 0 spiro atoms. The van der Waals surface area contributed by atoms with E-state index in [2.05, 4.69) is 32.2 Å². The molecule has 0 unspecified atom stereocenters. The summed E-state index contributed by atoms with van der Waals surface area (Å²) in [6.07, 6.45) is 0. The van der Waals surface area contributed by atoms with E-state index in [1.54, 1.807) is 4.90 Å². The molecule has 1 saturated heterocycles. The summed E-state index contributed by atoms with van der Waals surface area (Å²) in [5, 5.41) is 3.03. The molecule has 0 bridgehead atoms. The minimum atomic E-state index is 0.130. The van der Waals surface area contributed by atoms with Gasteiger partial charge in [-0.3, -0.25) is 4.79 Å². The Kier molecular flexibility index (Phi) is 5.15. The van der Waals surface area contributed by atoms with Gasteiger partial charge in [0.25, 0.3) is 5.91 Å². The minimum Gasteiger partial charge on any atom is -0.326 e. The van der Waals surface area contributed by atoms with E-state index in [0.29, 0.717) is 6.54 Å². The molecular weight excluding hydrogens is 250 g/mol. The summed E-state index contributed by atoms with van der Waals surface area (Å²) in [5.74, 6) is 0.130. The number of carbonyl (C=O) groups is 1. The van der Waals surface area contributed by atoms with E-state index in [1.165, 1.54) is 35.7 Å². The Hall–Kier alpha value is -1.39. The van der Waals surface area contributed by atoms with Crippen molar-refractivity contribution < 1.29 is 14.6 Å². The Balaban J connectivity index is 1.83. The fraction of sp³-hybridized carbons (Fsp3) is 0.562. The number of amides is 1. The predicted octanol–water partition coefficient (Wildman–Crippen LogP) is -0.955. The molecule has 0 saturated carbocycles. The number of rotatable bonds is 4. The number of hydrogen-bond donors (Lipinski definition) is 3. The zero-order chi connectivity index (χ0) is 14.5. The van der Waals surface area contributed by atoms with E-state index < -0.39 is 0 Å². The lowest BCUT2D eigenvalue weighted by Gasteiger charge is -2.28. The molecule has 2 rings (SSSR count). The molecule has 0 aliphatic carbocycles. The zero-order valence-corrected chi connectivity index (χ0v) is 12.9. The van der Waals surface area contributed by atoms with Crippen molar-refractivity contribution >= 4 is 11.6 Å². The van der Waals surface area contributed by atoms with Gasteiger partial charge in [-0.1, -0.05) is 6.07 Å². The predicted molar refractivity (Wildman–Crippen MR) is 81.3 cm³/mol. The van der Waals surface area contributed by atoms with Crippen LogP contribution in [0.5, 0.6) is 0 Å². The molecule has 1 amide bonds. The molecule has 4 nitrogen and oxygen atoms in total. The van der Waals surface area contributed by atoms with Gasteiger partial charge in [-0.05, 0) is 44.0 Å². The molecule has 0 radical (unpaired) electrons. The molecule has 3 N–H and O–H groups in total. The van der Waals surface area contributed by atoms with Crippen LogP contribution in [0.25, 0.3) is 0 Å². The van der Waals surface area contributed by atoms with Gasteiger partial charge in [0.05, 0.1) is 6.54 Å². The summed E-state index contributed by atoms with van der Waals surface area (Å²) in [7, 11) is 0. The van der Waals surface area contributed by atoms with Gasteiger partial charge >= 0.3 is 0 Å². The van der Waals surface area contributed by atoms with Crippen LogP contribution in [-0.4, -0.2) is 45.2 Å². The Labute approximate surface area is 121 Å². The van der Waals surface area contributed by atoms with E-state index in [4.69, 9.17) is 0 Å². The molecule has 1 heterocycles. The summed E-state index contributed by atoms with van der Waals surface area (Å²) in [5.41, 5.74) is 3.30. The first-order chi connectivity index (χ1) is 9.56. The summed E-state index contributed by atoms with van der Waals surface area (Å²) in [6.45, 7) is 12.7. The third-order valence-corrected chi connectivity index (χ3v) is 4.08. The Morgan fingerprint density at radius 3 is 2.15 bits per heavy atom. The maximum absolute atomic E-state index is 12.1. The summed E-state index contributed by atoms with van der Waals surface area (Å²) < 4.78 is 0. The lowest BCUT2D eigenvalue weighted by atomic mass is 10.1. The first kappa shape index (κ1) is 15.0. The summed E-state index contributed by atoms with van der Waals surface area (Å²) in [6, 6.07) is 6.17. The molecule has 0 aromatic heterocycles. The molecule has 1 aromatic carbocycles. The molecular formula is C16H27N3O+2. The van der Waals surface area contributed by atoms with Gasteiger partial charge in [0, 0.05) is 5.69 Å². The third kappa shape index (κ3) is 4.32. The summed E-state index contributed by atoms with van der Waals surface area (Å²) in [4.78, 5) is 15.2. The molecule has 1 aromatic rings. The second-order valence-electron chi connectivity index (χ2n) is 5.95. The van der Waals surface area contributed by atoms with Gasteiger partial charge in [0.15, 0.2) is 6.54 Å². The van der Waals surface area contributed by atoms with Crippen molar-refractivity contribution in [1.29, 1.82) is 0 Å². The lowest BCUT2D eigenvalue weighted by Crippen LogP contribution is -3.28. The van der Waals surface area contributed by atoms with Crippen LogP contribution >= 0.6 is 0 Å². The maximum Gasteiger partial charge on any atom is 0.279 e. The molecule has 4 heteroatoms. The van der Waals surface area contributed by atoms with E-state index in [9.17, 15) is 4.79 Å². The highest BCUT2D eigenvalue weighted by atomic mass is 16.2. The molecule has 20 heavy (non-hydrogen) atoms. The topological polar surface area (TPSA) is 38.0 Å². The highest BCUT2D eigenvalue weighted by molar-refractivity contribution is 5.91. The number of quaternary nitrogens is 2. The number of piperazine rings is 1. The third-order valence-electron chi connectivity index (χ3n) is 4.08. The van der Waals surface area contributed by atoms with E-state index in [1.807, 2.05) is 12.1 Å². The highest BCUT2D eigenvalue weighted by Gasteiger charge is 2.23. The zero-order valence-electron chi connectivity index (χ0n) is 12.9. The van der Waals surface area contributed by atoms with Crippen LogP contribution in [-0.2, 0) is 4.79 Å². The maximum atomic E-state index is 12.1. The standard InChI is InChI=1S/C16H25N3O/c1-4-18-5-7-19(8-6-18)12-16(20)17-15-10-13(2)9-14(3)11-15/h9-11H,4-8,12H2,1-3H3,(H,17,20)/p+2. The molecule has 1 aliphatic heterocycles. The molecule has 0 atom stereocenters. The van der Waals surface area contributed by atoms with Gasteiger partial charge in [0.1, 0.15) is 26.2 Å². The van der Waals surface area contributed by atoms with Crippen molar-refractivity contribution in [1.82, 2.24) is 0 Å². The van der Waals surface area contributed by atoms with E-state index in [0.717, 1.165) is 18.8 Å². The Morgan fingerprint density at radius 1 is 1.05 bits per heavy atom. The number of likely N-dealkylation sites (N-methyl/N-ethyl adjacent to an activating group) is 1. The average Bonchev–Trinajstić information content (AvgIpc) is 2.38. The number of nitrogens with one attached hydrogen (secondary N) is 3. The van der Waals surface area contributed by atoms with Gasteiger partial charge < -0.3 is 15.1 Å². The number of anilines is 1. The van der Waals surface area contributed by atoms with Crippen molar-refractivity contribution in [2.45, 2.75) is 20.8 Å². The van der Waals surface area contributed by atoms with Crippen LogP contribution in [0, 0.1) is 13.8 Å². The number of carbonyl (C=O) groups excluding carboxylic acids is 1. The highest BCUT2D eigenvalue weighted by Crippen LogP contribution is 2.13. The van der Waals surface area contributed by atoms with E-state index in [-0.39, 0.29) is 5.91 Å². The fourth-order valence-corrected chi connectivity index (χ4v) is 2.97. The van der Waals surface area contributed by atoms with E-state index >= 15 is 0 Å². The van der Waals surface area contributed by atoms with Gasteiger partial charge in [-0.25, -0.2) is 0 Å². The monoisotopic (exact) mass is 277 g/mol. The van der Waals surface area contributed by atoms with Crippen LogP contribution in [0.15, 0.2) is 18.2 Å². The molecule has 110 valence electrons. The van der Waals surface area contributed by atoms with Crippen LogP contribution in [0.3, 0.4) is 0 Å². The smallest absolute Gasteiger partial charge is 0.279 e. The normalized spacial score (nSPS) is 22.6. The number of benzene rings is 1. The van der Waals surface area contributed by atoms with Crippen LogP contribution in [0.4, 0.5) is 5.69 Å². The largest absolute Gasteiger partial charge is 0.326 e. The molecule has 1 fully saturated rings. The summed E-state index contributed by atoms with van der Waals surface area (Å²) >= 11 is 0. The van der Waals surface area contributed by atoms with Gasteiger partial charge in [0.2, 0.25) is 0 Å². The van der Waals surface area contributed by atoms with Crippen LogP contribution in [0.2, 0.25) is 0 Å². The quantitative estimate of drug-likeness (QED) is 0.652. The van der Waals surface area contributed by atoms with Gasteiger partial charge in [-0.2, -0.15) is 0 Å². The number of hydrogen-bond acceptors (Lipinski definition) is 1. The number of aryl methyl sites for hydroxylation is 2. The lowest BCUT2D eigenvalue weighted by molar-refractivity contribution is -1.01. The van der Waals surface area contributed by atoms with Crippen molar-refractivity contribution in [3.05, 3.63) is 29.3 Å². The molecule has 1 aliphatic rings.